The summed E-state index contributed by atoms with van der Waals surface area (Å²) < 4.78 is 27.8. The average molecular weight is 410 g/mol. The molecule has 2 rings (SSSR count). The highest BCUT2D eigenvalue weighted by molar-refractivity contribution is 9.11. The van der Waals surface area contributed by atoms with Crippen molar-refractivity contribution in [3.63, 3.8) is 0 Å². The predicted octanol–water partition coefficient (Wildman–Crippen LogP) is 1.38. The number of piperidine rings is 1. The molecule has 22 heavy (non-hydrogen) atoms. The van der Waals surface area contributed by atoms with Crippen molar-refractivity contribution >= 4 is 43.2 Å². The van der Waals surface area contributed by atoms with Gasteiger partial charge in [0.15, 0.2) is 0 Å². The van der Waals surface area contributed by atoms with E-state index in [2.05, 4.69) is 25.6 Å². The molecule has 1 aliphatic heterocycles. The number of nitrogens with two attached hydrogens (primary N) is 1. The number of nitrogens with zero attached hydrogens (tertiary/aromatic N) is 1. The van der Waals surface area contributed by atoms with E-state index in [0.717, 1.165) is 29.7 Å². The summed E-state index contributed by atoms with van der Waals surface area (Å²) in [6.45, 7) is 2.77. The Morgan fingerprint density at radius 2 is 2.27 bits per heavy atom. The van der Waals surface area contributed by atoms with Gasteiger partial charge in [-0.05, 0) is 60.4 Å². The standard InChI is InChI=1S/C13H20BrN3O3S2/c14-11-4-5-12(21-11)22(19,20)16-6-2-8-17-7-1-3-10(9-17)13(15)18/h4-5,10,16H,1-3,6-9H2,(H2,15,18). The maximum atomic E-state index is 12.0. The fraction of sp³-hybridized carbons (Fsp3) is 0.615. The molecule has 1 atom stereocenters. The van der Waals surface area contributed by atoms with Crippen molar-refractivity contribution in [3.05, 3.63) is 15.9 Å². The van der Waals surface area contributed by atoms with E-state index in [-0.39, 0.29) is 11.8 Å². The Morgan fingerprint density at radius 1 is 1.50 bits per heavy atom. The second-order valence-electron chi connectivity index (χ2n) is 5.35. The minimum Gasteiger partial charge on any atom is -0.369 e. The number of carbonyl (C=O) groups excluding carboxylic acids is 1. The molecular weight excluding hydrogens is 390 g/mol. The van der Waals surface area contributed by atoms with Gasteiger partial charge in [-0.2, -0.15) is 0 Å². The van der Waals surface area contributed by atoms with Crippen molar-refractivity contribution in [2.24, 2.45) is 11.7 Å². The van der Waals surface area contributed by atoms with Gasteiger partial charge in [0, 0.05) is 13.1 Å². The van der Waals surface area contributed by atoms with E-state index in [9.17, 15) is 13.2 Å². The lowest BCUT2D eigenvalue weighted by Crippen LogP contribution is -2.42. The molecule has 9 heteroatoms. The van der Waals surface area contributed by atoms with E-state index in [4.69, 9.17) is 5.73 Å². The summed E-state index contributed by atoms with van der Waals surface area (Å²) in [5.41, 5.74) is 5.35. The lowest BCUT2D eigenvalue weighted by molar-refractivity contribution is -0.123. The van der Waals surface area contributed by atoms with Crippen LogP contribution < -0.4 is 10.5 Å². The number of sulfonamides is 1. The average Bonchev–Trinajstić information content (AvgIpc) is 2.91. The van der Waals surface area contributed by atoms with Crippen molar-refractivity contribution in [2.45, 2.75) is 23.5 Å². The van der Waals surface area contributed by atoms with E-state index in [1.807, 2.05) is 0 Å². The number of rotatable bonds is 7. The van der Waals surface area contributed by atoms with Crippen LogP contribution in [0, 0.1) is 5.92 Å². The molecule has 1 aliphatic rings. The third-order valence-corrected chi connectivity index (χ3v) is 7.24. The summed E-state index contributed by atoms with van der Waals surface area (Å²) in [4.78, 5) is 13.4. The van der Waals surface area contributed by atoms with Crippen molar-refractivity contribution in [1.29, 1.82) is 0 Å². The molecule has 1 aromatic rings. The Hall–Kier alpha value is -0.480. The maximum absolute atomic E-state index is 12.0. The van der Waals surface area contributed by atoms with Crippen LogP contribution in [0.2, 0.25) is 0 Å². The quantitative estimate of drug-likeness (QED) is 0.665. The molecule has 1 unspecified atom stereocenters. The maximum Gasteiger partial charge on any atom is 0.250 e. The van der Waals surface area contributed by atoms with Crippen LogP contribution in [0.5, 0.6) is 0 Å². The number of likely N-dealkylation sites (tertiary alicyclic amines) is 1. The van der Waals surface area contributed by atoms with Gasteiger partial charge in [0.25, 0.3) is 0 Å². The molecule has 0 spiro atoms. The summed E-state index contributed by atoms with van der Waals surface area (Å²) in [6.07, 6.45) is 2.52. The molecule has 0 bridgehead atoms. The van der Waals surface area contributed by atoms with Crippen molar-refractivity contribution in [3.8, 4) is 0 Å². The first-order valence-corrected chi connectivity index (χ1v) is 10.2. The first-order valence-electron chi connectivity index (χ1n) is 7.15. The highest BCUT2D eigenvalue weighted by Gasteiger charge is 2.23. The first kappa shape index (κ1) is 17.9. The molecule has 0 aliphatic carbocycles. The lowest BCUT2D eigenvalue weighted by Gasteiger charge is -2.31. The summed E-state index contributed by atoms with van der Waals surface area (Å²) in [5.74, 6) is -0.317. The number of hydrogen-bond acceptors (Lipinski definition) is 5. The van der Waals surface area contributed by atoms with Crippen molar-refractivity contribution in [2.75, 3.05) is 26.2 Å². The van der Waals surface area contributed by atoms with Gasteiger partial charge in [-0.25, -0.2) is 13.1 Å². The number of halogens is 1. The zero-order valence-electron chi connectivity index (χ0n) is 12.1. The van der Waals surface area contributed by atoms with Gasteiger partial charge in [0.1, 0.15) is 4.21 Å². The van der Waals surface area contributed by atoms with Crippen LogP contribution in [0.4, 0.5) is 0 Å². The van der Waals surface area contributed by atoms with Gasteiger partial charge in [0.2, 0.25) is 15.9 Å². The Bertz CT molecular complexity index is 618. The van der Waals surface area contributed by atoms with Crippen LogP contribution >= 0.6 is 27.3 Å². The topological polar surface area (TPSA) is 92.5 Å². The zero-order valence-corrected chi connectivity index (χ0v) is 15.3. The molecule has 1 aromatic heterocycles. The number of carbonyl (C=O) groups is 1. The second-order valence-corrected chi connectivity index (χ2v) is 9.81. The van der Waals surface area contributed by atoms with Crippen molar-refractivity contribution in [1.82, 2.24) is 9.62 Å². The monoisotopic (exact) mass is 409 g/mol. The van der Waals surface area contributed by atoms with Crippen molar-refractivity contribution < 1.29 is 13.2 Å². The van der Waals surface area contributed by atoms with Gasteiger partial charge in [-0.15, -0.1) is 11.3 Å². The third kappa shape index (κ3) is 5.02. The zero-order chi connectivity index (χ0) is 16.2. The Morgan fingerprint density at radius 3 is 2.91 bits per heavy atom. The Labute approximate surface area is 143 Å². The number of amides is 1. The van der Waals surface area contributed by atoms with Gasteiger partial charge < -0.3 is 10.6 Å². The minimum atomic E-state index is -3.42. The van der Waals surface area contributed by atoms with Gasteiger partial charge in [0.05, 0.1) is 9.70 Å². The summed E-state index contributed by atoms with van der Waals surface area (Å²) in [6, 6.07) is 3.30. The van der Waals surface area contributed by atoms with Crippen LogP contribution in [0.25, 0.3) is 0 Å². The molecule has 1 fully saturated rings. The Balaban J connectivity index is 1.74. The van der Waals surface area contributed by atoms with Crippen LogP contribution in [0.3, 0.4) is 0 Å². The summed E-state index contributed by atoms with van der Waals surface area (Å²) in [7, 11) is -3.42. The lowest BCUT2D eigenvalue weighted by atomic mass is 9.97. The van der Waals surface area contributed by atoms with E-state index >= 15 is 0 Å². The Kier molecular flexibility index (Phi) is 6.39. The first-order chi connectivity index (χ1) is 10.4. The fourth-order valence-corrected chi connectivity index (χ4v) is 5.64. The van der Waals surface area contributed by atoms with Gasteiger partial charge in [-0.1, -0.05) is 0 Å². The molecule has 1 saturated heterocycles. The second kappa shape index (κ2) is 7.87. The normalized spacial score (nSPS) is 20.1. The SMILES string of the molecule is NC(=O)C1CCCN(CCCNS(=O)(=O)c2ccc(Br)s2)C1. The molecule has 124 valence electrons. The molecule has 3 N–H and O–H groups in total. The predicted molar refractivity (Wildman–Crippen MR) is 90.2 cm³/mol. The molecule has 0 radical (unpaired) electrons. The third-order valence-electron chi connectivity index (χ3n) is 3.66. The number of nitrogens with one attached hydrogen (secondary N) is 1. The molecule has 0 aromatic carbocycles. The van der Waals surface area contributed by atoms with Crippen LogP contribution in [0.1, 0.15) is 19.3 Å². The van der Waals surface area contributed by atoms with Gasteiger partial charge in [-0.3, -0.25) is 4.79 Å². The van der Waals surface area contributed by atoms with E-state index < -0.39 is 10.0 Å². The summed E-state index contributed by atoms with van der Waals surface area (Å²) in [5, 5.41) is 0. The summed E-state index contributed by atoms with van der Waals surface area (Å²) >= 11 is 4.45. The van der Waals surface area contributed by atoms with Gasteiger partial charge >= 0.3 is 0 Å². The number of primary amides is 1. The number of thiophene rings is 1. The smallest absolute Gasteiger partial charge is 0.250 e. The highest BCUT2D eigenvalue weighted by atomic mass is 79.9. The molecular formula is C13H20BrN3O3S2. The molecule has 0 saturated carbocycles. The van der Waals surface area contributed by atoms with E-state index in [0.29, 0.717) is 23.7 Å². The number of hydrogen-bond donors (Lipinski definition) is 2. The van der Waals surface area contributed by atoms with E-state index in [1.54, 1.807) is 12.1 Å². The molecule has 6 nitrogen and oxygen atoms in total. The van der Waals surface area contributed by atoms with Crippen LogP contribution in [-0.2, 0) is 14.8 Å². The molecule has 2 heterocycles. The largest absolute Gasteiger partial charge is 0.369 e. The minimum absolute atomic E-state index is 0.0751. The van der Waals surface area contributed by atoms with E-state index in [1.165, 1.54) is 11.3 Å². The molecule has 1 amide bonds. The van der Waals surface area contributed by atoms with Crippen LogP contribution in [0.15, 0.2) is 20.1 Å². The van der Waals surface area contributed by atoms with Crippen LogP contribution in [-0.4, -0.2) is 45.4 Å². The fourth-order valence-electron chi connectivity index (χ4n) is 2.51. The highest BCUT2D eigenvalue weighted by Crippen LogP contribution is 2.25.